The molecule has 11 heteroatoms. The van der Waals surface area contributed by atoms with Crippen molar-refractivity contribution in [3.63, 3.8) is 0 Å². The highest BCUT2D eigenvalue weighted by atomic mass is 32.2. The molecule has 0 aliphatic carbocycles. The van der Waals surface area contributed by atoms with Crippen LogP contribution in [0.4, 0.5) is 11.6 Å². The second-order valence-electron chi connectivity index (χ2n) is 8.20. The molecule has 38 heavy (non-hydrogen) atoms. The Labute approximate surface area is 225 Å². The minimum atomic E-state index is -3.89. The molecule has 0 aliphatic heterocycles. The van der Waals surface area contributed by atoms with Crippen molar-refractivity contribution >= 4 is 44.4 Å². The van der Waals surface area contributed by atoms with Gasteiger partial charge in [0, 0.05) is 48.0 Å². The van der Waals surface area contributed by atoms with Crippen molar-refractivity contribution in [2.75, 3.05) is 10.0 Å². The minimum absolute atomic E-state index is 0.00447. The van der Waals surface area contributed by atoms with Gasteiger partial charge in [0.1, 0.15) is 6.54 Å². The van der Waals surface area contributed by atoms with Crippen LogP contribution in [0.5, 0.6) is 0 Å². The third-order valence-corrected chi connectivity index (χ3v) is 7.75. The van der Waals surface area contributed by atoms with Gasteiger partial charge < -0.3 is 5.32 Å². The summed E-state index contributed by atoms with van der Waals surface area (Å²) >= 11 is 1.06. The van der Waals surface area contributed by atoms with Crippen molar-refractivity contribution in [1.82, 2.24) is 9.97 Å². The number of nitrogens with one attached hydrogen (secondary N) is 2. The summed E-state index contributed by atoms with van der Waals surface area (Å²) in [6.45, 7) is 0.841. The molecule has 0 unspecified atom stereocenters. The summed E-state index contributed by atoms with van der Waals surface area (Å²) in [6, 6.07) is 20.1. The first-order valence-corrected chi connectivity index (χ1v) is 14.2. The standard InChI is InChI=1S/C27H25N5O4S2/c33-25(11-4-7-20-32-18-5-1-6-19-32)37-24-10-3-2-9-23(24)26(34)30-21-12-14-22(15-13-21)38(35,36)31-27-28-16-8-17-29-27/h1-3,5-6,8-10,12-19H,4,7,11,20H2,(H-,28,29,30,31,34)/p+1. The lowest BCUT2D eigenvalue weighted by Crippen LogP contribution is -2.32. The van der Waals surface area contributed by atoms with Gasteiger partial charge in [-0.3, -0.25) is 9.59 Å². The van der Waals surface area contributed by atoms with Crippen LogP contribution in [0.15, 0.2) is 107 Å². The lowest BCUT2D eigenvalue weighted by Gasteiger charge is -2.10. The molecule has 2 aromatic heterocycles. The van der Waals surface area contributed by atoms with E-state index >= 15 is 0 Å². The Kier molecular flexibility index (Phi) is 9.17. The average molecular weight is 549 g/mol. The second kappa shape index (κ2) is 12.9. The first-order valence-electron chi connectivity index (χ1n) is 11.9. The van der Waals surface area contributed by atoms with E-state index in [0.29, 0.717) is 22.6 Å². The minimum Gasteiger partial charge on any atom is -0.322 e. The van der Waals surface area contributed by atoms with Crippen LogP contribution in [0, 0.1) is 0 Å². The third-order valence-electron chi connectivity index (χ3n) is 5.39. The number of nitrogens with zero attached hydrogens (tertiary/aromatic N) is 3. The van der Waals surface area contributed by atoms with Crippen LogP contribution in [-0.2, 0) is 21.4 Å². The summed E-state index contributed by atoms with van der Waals surface area (Å²) in [7, 11) is -3.89. The zero-order valence-corrected chi connectivity index (χ0v) is 22.0. The molecule has 1 amide bonds. The Balaban J connectivity index is 1.33. The molecule has 0 bridgehead atoms. The predicted molar refractivity (Wildman–Crippen MR) is 145 cm³/mol. The molecule has 4 aromatic rings. The molecule has 0 fully saturated rings. The number of aryl methyl sites for hydroxylation is 1. The first kappa shape index (κ1) is 27.0. The number of hydrogen-bond donors (Lipinski definition) is 2. The molecular weight excluding hydrogens is 522 g/mol. The lowest BCUT2D eigenvalue weighted by molar-refractivity contribution is -0.697. The number of anilines is 2. The van der Waals surface area contributed by atoms with Gasteiger partial charge in [0.05, 0.1) is 10.5 Å². The molecule has 2 aromatic carbocycles. The van der Waals surface area contributed by atoms with Crippen LogP contribution in [0.1, 0.15) is 29.6 Å². The van der Waals surface area contributed by atoms with Gasteiger partial charge in [-0.25, -0.2) is 27.7 Å². The molecule has 0 radical (unpaired) electrons. The van der Waals surface area contributed by atoms with E-state index in [1.54, 1.807) is 30.3 Å². The van der Waals surface area contributed by atoms with Gasteiger partial charge in [-0.15, -0.1) is 0 Å². The number of thioether (sulfide) groups is 1. The zero-order chi connectivity index (χ0) is 26.8. The molecule has 9 nitrogen and oxygen atoms in total. The number of unbranched alkanes of at least 4 members (excludes halogenated alkanes) is 1. The predicted octanol–water partition coefficient (Wildman–Crippen LogP) is 4.31. The Morgan fingerprint density at radius 2 is 1.55 bits per heavy atom. The molecule has 0 saturated carbocycles. The van der Waals surface area contributed by atoms with Gasteiger partial charge >= 0.3 is 0 Å². The topological polar surface area (TPSA) is 122 Å². The summed E-state index contributed by atoms with van der Waals surface area (Å²) < 4.78 is 29.5. The maximum atomic E-state index is 13.0. The highest BCUT2D eigenvalue weighted by molar-refractivity contribution is 8.13. The summed E-state index contributed by atoms with van der Waals surface area (Å²) in [6.07, 6.45) is 8.89. The number of sulfonamides is 1. The fourth-order valence-corrected chi connectivity index (χ4v) is 5.38. The zero-order valence-electron chi connectivity index (χ0n) is 20.4. The molecule has 2 heterocycles. The smallest absolute Gasteiger partial charge is 0.264 e. The van der Waals surface area contributed by atoms with Crippen molar-refractivity contribution in [3.8, 4) is 0 Å². The number of hydrogen-bond acceptors (Lipinski definition) is 7. The molecule has 194 valence electrons. The van der Waals surface area contributed by atoms with Crippen LogP contribution in [0.25, 0.3) is 0 Å². The van der Waals surface area contributed by atoms with Crippen LogP contribution in [0.3, 0.4) is 0 Å². The van der Waals surface area contributed by atoms with Crippen molar-refractivity contribution < 1.29 is 22.6 Å². The molecule has 4 rings (SSSR count). The van der Waals surface area contributed by atoms with Crippen molar-refractivity contribution in [2.24, 2.45) is 0 Å². The number of pyridine rings is 1. The van der Waals surface area contributed by atoms with E-state index in [0.717, 1.165) is 31.1 Å². The van der Waals surface area contributed by atoms with Gasteiger partial charge in [-0.1, -0.05) is 30.0 Å². The number of amides is 1. The van der Waals surface area contributed by atoms with Crippen LogP contribution >= 0.6 is 11.8 Å². The van der Waals surface area contributed by atoms with E-state index in [9.17, 15) is 18.0 Å². The first-order chi connectivity index (χ1) is 18.4. The van der Waals surface area contributed by atoms with Gasteiger partial charge in [0.2, 0.25) is 5.95 Å². The number of carbonyl (C=O) groups is 2. The molecule has 0 spiro atoms. The maximum absolute atomic E-state index is 13.0. The lowest BCUT2D eigenvalue weighted by atomic mass is 10.2. The largest absolute Gasteiger partial charge is 0.322 e. The summed E-state index contributed by atoms with van der Waals surface area (Å²) in [5, 5.41) is 2.76. The maximum Gasteiger partial charge on any atom is 0.264 e. The third kappa shape index (κ3) is 7.70. The Hall–Kier alpha value is -4.09. The molecule has 0 saturated heterocycles. The SMILES string of the molecule is O=C(CCCC[n+]1ccccc1)Sc1ccccc1C(=O)Nc1ccc(S(=O)(=O)Nc2ncccn2)cc1. The van der Waals surface area contributed by atoms with Crippen LogP contribution in [0.2, 0.25) is 0 Å². The van der Waals surface area contributed by atoms with E-state index in [4.69, 9.17) is 0 Å². The van der Waals surface area contributed by atoms with E-state index in [1.165, 1.54) is 36.7 Å². The van der Waals surface area contributed by atoms with Crippen molar-refractivity contribution in [3.05, 3.63) is 103 Å². The van der Waals surface area contributed by atoms with Gasteiger partial charge in [0.25, 0.3) is 15.9 Å². The normalized spacial score (nSPS) is 11.1. The Morgan fingerprint density at radius 1 is 0.842 bits per heavy atom. The van der Waals surface area contributed by atoms with Gasteiger partial charge in [-0.2, -0.15) is 0 Å². The van der Waals surface area contributed by atoms with Crippen LogP contribution < -0.4 is 14.6 Å². The highest BCUT2D eigenvalue weighted by Gasteiger charge is 2.17. The molecule has 2 N–H and O–H groups in total. The quantitative estimate of drug-likeness (QED) is 0.163. The Bertz CT molecular complexity index is 1480. The number of aromatic nitrogens is 3. The molecule has 0 atom stereocenters. The summed E-state index contributed by atoms with van der Waals surface area (Å²) in [4.78, 5) is 33.8. The van der Waals surface area contributed by atoms with Crippen LogP contribution in [-0.4, -0.2) is 29.4 Å². The second-order valence-corrected chi connectivity index (χ2v) is 11.0. The highest BCUT2D eigenvalue weighted by Crippen LogP contribution is 2.26. The van der Waals surface area contributed by atoms with E-state index < -0.39 is 15.9 Å². The summed E-state index contributed by atoms with van der Waals surface area (Å²) in [5.74, 6) is -0.434. The fourth-order valence-electron chi connectivity index (χ4n) is 3.51. The number of carbonyl (C=O) groups excluding carboxylic acids is 2. The number of benzene rings is 2. The monoisotopic (exact) mass is 548 g/mol. The average Bonchev–Trinajstić information content (AvgIpc) is 2.92. The molecular formula is C27H26N5O4S2+. The van der Waals surface area contributed by atoms with E-state index in [1.807, 2.05) is 30.6 Å². The van der Waals surface area contributed by atoms with Gasteiger partial charge in [0.15, 0.2) is 17.5 Å². The Morgan fingerprint density at radius 3 is 2.29 bits per heavy atom. The van der Waals surface area contributed by atoms with Gasteiger partial charge in [-0.05, 0) is 48.9 Å². The van der Waals surface area contributed by atoms with E-state index in [-0.39, 0.29) is 16.0 Å². The molecule has 0 aliphatic rings. The van der Waals surface area contributed by atoms with Crippen molar-refractivity contribution in [2.45, 2.75) is 35.6 Å². The summed E-state index contributed by atoms with van der Waals surface area (Å²) in [5.41, 5.74) is 0.778. The van der Waals surface area contributed by atoms with Crippen molar-refractivity contribution in [1.29, 1.82) is 0 Å². The number of rotatable bonds is 11. The fraction of sp³-hybridized carbons (Fsp3) is 0.148. The van der Waals surface area contributed by atoms with E-state index in [2.05, 4.69) is 24.6 Å².